The summed E-state index contributed by atoms with van der Waals surface area (Å²) in [6, 6.07) is 12.4. The summed E-state index contributed by atoms with van der Waals surface area (Å²) in [6.07, 6.45) is 3.11. The van der Waals surface area contributed by atoms with Crippen LogP contribution in [0.3, 0.4) is 0 Å². The lowest BCUT2D eigenvalue weighted by Crippen LogP contribution is -2.45. The molecule has 0 bridgehead atoms. The standard InChI is InChI=1S/C24H36N4O3/c1-19-15-28(16-20(2)31-19)17-22-9-5-4-8-21(22)14-27-24(25-3)26-11-7-12-29-18-23-10-6-13-30-23/h4-6,8-10,13,19-20H,7,11-12,14-18H2,1-3H3,(H2,25,26,27). The number of aliphatic imine (C=N–C) groups is 1. The highest BCUT2D eigenvalue weighted by molar-refractivity contribution is 5.79. The Morgan fingerprint density at radius 3 is 2.58 bits per heavy atom. The second kappa shape index (κ2) is 12.5. The molecule has 0 radical (unpaired) electrons. The number of morpholine rings is 1. The molecule has 1 aromatic carbocycles. The van der Waals surface area contributed by atoms with Crippen molar-refractivity contribution in [3.8, 4) is 0 Å². The first-order valence-corrected chi connectivity index (χ1v) is 11.1. The summed E-state index contributed by atoms with van der Waals surface area (Å²) in [4.78, 5) is 6.82. The first kappa shape index (κ1) is 23.3. The maximum absolute atomic E-state index is 5.87. The fourth-order valence-electron chi connectivity index (χ4n) is 3.89. The van der Waals surface area contributed by atoms with Crippen LogP contribution in [0.1, 0.15) is 37.2 Å². The zero-order chi connectivity index (χ0) is 21.9. The smallest absolute Gasteiger partial charge is 0.191 e. The van der Waals surface area contributed by atoms with Crippen LogP contribution < -0.4 is 10.6 Å². The minimum absolute atomic E-state index is 0.278. The van der Waals surface area contributed by atoms with Crippen LogP contribution in [0.2, 0.25) is 0 Å². The highest BCUT2D eigenvalue weighted by Crippen LogP contribution is 2.17. The molecule has 170 valence electrons. The molecule has 1 aliphatic rings. The van der Waals surface area contributed by atoms with E-state index in [4.69, 9.17) is 13.9 Å². The number of hydrogen-bond acceptors (Lipinski definition) is 5. The normalized spacial score (nSPS) is 20.0. The Morgan fingerprint density at radius 2 is 1.87 bits per heavy atom. The van der Waals surface area contributed by atoms with E-state index in [1.165, 1.54) is 11.1 Å². The fraction of sp³-hybridized carbons (Fsp3) is 0.542. The van der Waals surface area contributed by atoms with Gasteiger partial charge in [-0.05, 0) is 43.5 Å². The molecule has 1 aromatic heterocycles. The zero-order valence-corrected chi connectivity index (χ0v) is 19.0. The van der Waals surface area contributed by atoms with Crippen molar-refractivity contribution in [1.82, 2.24) is 15.5 Å². The van der Waals surface area contributed by atoms with Crippen LogP contribution in [-0.4, -0.2) is 56.4 Å². The van der Waals surface area contributed by atoms with E-state index >= 15 is 0 Å². The Morgan fingerprint density at radius 1 is 1.10 bits per heavy atom. The van der Waals surface area contributed by atoms with Crippen molar-refractivity contribution >= 4 is 5.96 Å². The summed E-state index contributed by atoms with van der Waals surface area (Å²) in [5.74, 6) is 1.65. The molecular formula is C24H36N4O3. The van der Waals surface area contributed by atoms with Crippen molar-refractivity contribution in [3.63, 3.8) is 0 Å². The van der Waals surface area contributed by atoms with Gasteiger partial charge in [0.25, 0.3) is 0 Å². The number of furan rings is 1. The van der Waals surface area contributed by atoms with Crippen molar-refractivity contribution in [2.75, 3.05) is 33.3 Å². The third-order valence-electron chi connectivity index (χ3n) is 5.26. The molecule has 31 heavy (non-hydrogen) atoms. The minimum Gasteiger partial charge on any atom is -0.467 e. The number of nitrogens with zero attached hydrogens (tertiary/aromatic N) is 2. The van der Waals surface area contributed by atoms with E-state index in [0.29, 0.717) is 13.2 Å². The van der Waals surface area contributed by atoms with Crippen molar-refractivity contribution in [2.45, 2.75) is 52.2 Å². The molecule has 0 amide bonds. The Labute approximate surface area is 185 Å². The average molecular weight is 429 g/mol. The van der Waals surface area contributed by atoms with E-state index in [1.54, 1.807) is 13.3 Å². The molecule has 2 heterocycles. The van der Waals surface area contributed by atoms with Gasteiger partial charge in [0.2, 0.25) is 0 Å². The summed E-state index contributed by atoms with van der Waals surface area (Å²) in [5, 5.41) is 6.79. The third kappa shape index (κ3) is 8.01. The molecule has 2 atom stereocenters. The van der Waals surface area contributed by atoms with Gasteiger partial charge in [-0.15, -0.1) is 0 Å². The molecule has 2 N–H and O–H groups in total. The molecule has 0 spiro atoms. The maximum Gasteiger partial charge on any atom is 0.191 e. The SMILES string of the molecule is CN=C(NCCCOCc1ccco1)NCc1ccccc1CN1CC(C)OC(C)C1. The van der Waals surface area contributed by atoms with Crippen molar-refractivity contribution in [2.24, 2.45) is 4.99 Å². The third-order valence-corrected chi connectivity index (χ3v) is 5.26. The molecule has 2 unspecified atom stereocenters. The predicted molar refractivity (Wildman–Crippen MR) is 123 cm³/mol. The van der Waals surface area contributed by atoms with Gasteiger partial charge in [0.05, 0.1) is 18.5 Å². The number of ether oxygens (including phenoxy) is 2. The van der Waals surface area contributed by atoms with Gasteiger partial charge in [-0.1, -0.05) is 24.3 Å². The van der Waals surface area contributed by atoms with Crippen molar-refractivity contribution < 1.29 is 13.9 Å². The molecule has 2 aromatic rings. The van der Waals surface area contributed by atoms with Gasteiger partial charge in [-0.3, -0.25) is 9.89 Å². The lowest BCUT2D eigenvalue weighted by Gasteiger charge is -2.35. The van der Waals surface area contributed by atoms with Crippen LogP contribution >= 0.6 is 0 Å². The van der Waals surface area contributed by atoms with Crippen LogP contribution in [-0.2, 0) is 29.2 Å². The van der Waals surface area contributed by atoms with E-state index in [0.717, 1.165) is 50.9 Å². The number of hydrogen-bond donors (Lipinski definition) is 2. The Bertz CT molecular complexity index is 784. The average Bonchev–Trinajstić information content (AvgIpc) is 3.26. The van der Waals surface area contributed by atoms with Crippen molar-refractivity contribution in [3.05, 3.63) is 59.5 Å². The molecule has 7 heteroatoms. The minimum atomic E-state index is 0.278. The Kier molecular flexibility index (Phi) is 9.39. The second-order valence-electron chi connectivity index (χ2n) is 8.06. The van der Waals surface area contributed by atoms with E-state index < -0.39 is 0 Å². The van der Waals surface area contributed by atoms with Gasteiger partial charge in [-0.25, -0.2) is 0 Å². The molecule has 1 fully saturated rings. The Balaban J connectivity index is 1.39. The second-order valence-corrected chi connectivity index (χ2v) is 8.06. The molecule has 0 aliphatic carbocycles. The highest BCUT2D eigenvalue weighted by Gasteiger charge is 2.22. The van der Waals surface area contributed by atoms with Crippen molar-refractivity contribution in [1.29, 1.82) is 0 Å². The van der Waals surface area contributed by atoms with E-state index in [-0.39, 0.29) is 12.2 Å². The van der Waals surface area contributed by atoms with Gasteiger partial charge in [0, 0.05) is 46.4 Å². The molecule has 0 saturated carbocycles. The van der Waals surface area contributed by atoms with Crippen LogP contribution in [0.5, 0.6) is 0 Å². The van der Waals surface area contributed by atoms with Gasteiger partial charge >= 0.3 is 0 Å². The monoisotopic (exact) mass is 428 g/mol. The van der Waals surface area contributed by atoms with E-state index in [9.17, 15) is 0 Å². The lowest BCUT2D eigenvalue weighted by atomic mass is 10.1. The van der Waals surface area contributed by atoms with Gasteiger partial charge in [0.15, 0.2) is 5.96 Å². The zero-order valence-electron chi connectivity index (χ0n) is 19.0. The largest absolute Gasteiger partial charge is 0.467 e. The predicted octanol–water partition coefficient (Wildman–Crippen LogP) is 3.16. The number of rotatable bonds is 10. The molecule has 7 nitrogen and oxygen atoms in total. The number of guanidine groups is 1. The summed E-state index contributed by atoms with van der Waals surface area (Å²) in [5.41, 5.74) is 2.64. The quantitative estimate of drug-likeness (QED) is 0.344. The topological polar surface area (TPSA) is 71.3 Å². The summed E-state index contributed by atoms with van der Waals surface area (Å²) >= 11 is 0. The van der Waals surface area contributed by atoms with Gasteiger partial charge in [-0.2, -0.15) is 0 Å². The first-order chi connectivity index (χ1) is 15.1. The summed E-state index contributed by atoms with van der Waals surface area (Å²) in [6.45, 7) is 9.88. The molecule has 3 rings (SSSR count). The van der Waals surface area contributed by atoms with E-state index in [2.05, 4.69) is 58.6 Å². The van der Waals surface area contributed by atoms with Crippen LogP contribution in [0.4, 0.5) is 0 Å². The summed E-state index contributed by atoms with van der Waals surface area (Å²) in [7, 11) is 1.80. The molecule has 1 aliphatic heterocycles. The maximum atomic E-state index is 5.87. The van der Waals surface area contributed by atoms with Crippen LogP contribution in [0, 0.1) is 0 Å². The molecule has 1 saturated heterocycles. The summed E-state index contributed by atoms with van der Waals surface area (Å²) < 4.78 is 16.7. The highest BCUT2D eigenvalue weighted by atomic mass is 16.5. The number of benzene rings is 1. The van der Waals surface area contributed by atoms with Crippen LogP contribution in [0.25, 0.3) is 0 Å². The van der Waals surface area contributed by atoms with Gasteiger partial charge in [0.1, 0.15) is 12.4 Å². The van der Waals surface area contributed by atoms with E-state index in [1.807, 2.05) is 12.1 Å². The number of nitrogens with one attached hydrogen (secondary N) is 2. The first-order valence-electron chi connectivity index (χ1n) is 11.1. The Hall–Kier alpha value is -2.35. The van der Waals surface area contributed by atoms with Crippen LogP contribution in [0.15, 0.2) is 52.1 Å². The fourth-order valence-corrected chi connectivity index (χ4v) is 3.89. The van der Waals surface area contributed by atoms with Gasteiger partial charge < -0.3 is 24.5 Å². The lowest BCUT2D eigenvalue weighted by molar-refractivity contribution is -0.0705. The molecular weight excluding hydrogens is 392 g/mol.